The van der Waals surface area contributed by atoms with Crippen LogP contribution in [-0.2, 0) is 13.6 Å². The molecule has 7 heteroatoms. The zero-order chi connectivity index (χ0) is 11.5. The SMILES string of the molecule is Cn1ncc(NCc2ccon2)c(Cl)c1=O. The van der Waals surface area contributed by atoms with E-state index in [1.165, 1.54) is 24.2 Å². The van der Waals surface area contributed by atoms with Gasteiger partial charge in [-0.25, -0.2) is 4.68 Å². The van der Waals surface area contributed by atoms with Crippen molar-refractivity contribution >= 4 is 17.3 Å². The number of halogens is 1. The Bertz CT molecular complexity index is 535. The summed E-state index contributed by atoms with van der Waals surface area (Å²) >= 11 is 5.86. The topological polar surface area (TPSA) is 73.0 Å². The Morgan fingerprint density at radius 2 is 2.44 bits per heavy atom. The minimum absolute atomic E-state index is 0.112. The van der Waals surface area contributed by atoms with Gasteiger partial charge in [0.25, 0.3) is 5.56 Å². The molecule has 0 saturated carbocycles. The maximum Gasteiger partial charge on any atom is 0.287 e. The van der Waals surface area contributed by atoms with E-state index < -0.39 is 0 Å². The summed E-state index contributed by atoms with van der Waals surface area (Å²) in [5, 5.41) is 10.6. The molecule has 2 aromatic heterocycles. The molecule has 2 aromatic rings. The van der Waals surface area contributed by atoms with E-state index in [0.717, 1.165) is 5.69 Å². The minimum Gasteiger partial charge on any atom is -0.377 e. The van der Waals surface area contributed by atoms with Crippen molar-refractivity contribution in [1.82, 2.24) is 14.9 Å². The molecule has 1 N–H and O–H groups in total. The monoisotopic (exact) mass is 240 g/mol. The van der Waals surface area contributed by atoms with Crippen LogP contribution in [0.15, 0.2) is 27.8 Å². The molecule has 0 amide bonds. The summed E-state index contributed by atoms with van der Waals surface area (Å²) in [5.41, 5.74) is 0.858. The number of aryl methyl sites for hydroxylation is 1. The molecule has 0 fully saturated rings. The van der Waals surface area contributed by atoms with Crippen molar-refractivity contribution in [1.29, 1.82) is 0 Å². The van der Waals surface area contributed by atoms with Crippen LogP contribution in [0.25, 0.3) is 0 Å². The number of aromatic nitrogens is 3. The van der Waals surface area contributed by atoms with Crippen LogP contribution in [0.4, 0.5) is 5.69 Å². The van der Waals surface area contributed by atoms with E-state index in [-0.39, 0.29) is 10.6 Å². The predicted octanol–water partition coefficient (Wildman–Crippen LogP) is 1.03. The molecule has 0 atom stereocenters. The summed E-state index contributed by atoms with van der Waals surface area (Å²) in [5.74, 6) is 0. The van der Waals surface area contributed by atoms with E-state index in [2.05, 4.69) is 20.1 Å². The first-order chi connectivity index (χ1) is 7.68. The van der Waals surface area contributed by atoms with Gasteiger partial charge < -0.3 is 9.84 Å². The van der Waals surface area contributed by atoms with Crippen molar-refractivity contribution in [3.63, 3.8) is 0 Å². The molecule has 0 saturated heterocycles. The van der Waals surface area contributed by atoms with Gasteiger partial charge in [-0.15, -0.1) is 0 Å². The van der Waals surface area contributed by atoms with Crippen LogP contribution in [0.5, 0.6) is 0 Å². The van der Waals surface area contributed by atoms with Crippen molar-refractivity contribution in [3.8, 4) is 0 Å². The highest BCUT2D eigenvalue weighted by Gasteiger charge is 2.07. The van der Waals surface area contributed by atoms with Gasteiger partial charge in [-0.1, -0.05) is 16.8 Å². The first-order valence-electron chi connectivity index (χ1n) is 4.53. The Balaban J connectivity index is 2.16. The Kier molecular flexibility index (Phi) is 2.91. The zero-order valence-corrected chi connectivity index (χ0v) is 9.23. The number of nitrogens with one attached hydrogen (secondary N) is 1. The van der Waals surface area contributed by atoms with Crippen LogP contribution in [-0.4, -0.2) is 14.9 Å². The average Bonchev–Trinajstić information content (AvgIpc) is 2.78. The average molecular weight is 241 g/mol. The lowest BCUT2D eigenvalue weighted by atomic mass is 10.4. The van der Waals surface area contributed by atoms with E-state index in [9.17, 15) is 4.79 Å². The molecule has 0 unspecified atom stereocenters. The molecule has 2 rings (SSSR count). The van der Waals surface area contributed by atoms with Gasteiger partial charge in [0.05, 0.1) is 18.4 Å². The highest BCUT2D eigenvalue weighted by atomic mass is 35.5. The fraction of sp³-hybridized carbons (Fsp3) is 0.222. The normalized spacial score (nSPS) is 10.4. The molecule has 0 radical (unpaired) electrons. The lowest BCUT2D eigenvalue weighted by molar-refractivity contribution is 0.412. The lowest BCUT2D eigenvalue weighted by Gasteiger charge is -2.06. The molecule has 0 aliphatic rings. The second-order valence-electron chi connectivity index (χ2n) is 3.15. The fourth-order valence-electron chi connectivity index (χ4n) is 1.15. The Hall–Kier alpha value is -1.82. The van der Waals surface area contributed by atoms with Crippen molar-refractivity contribution in [2.75, 3.05) is 5.32 Å². The highest BCUT2D eigenvalue weighted by molar-refractivity contribution is 6.32. The number of hydrogen-bond donors (Lipinski definition) is 1. The minimum atomic E-state index is -0.341. The lowest BCUT2D eigenvalue weighted by Crippen LogP contribution is -2.21. The molecule has 6 nitrogen and oxygen atoms in total. The smallest absolute Gasteiger partial charge is 0.287 e. The van der Waals surface area contributed by atoms with Crippen molar-refractivity contribution in [2.45, 2.75) is 6.54 Å². The number of rotatable bonds is 3. The summed E-state index contributed by atoms with van der Waals surface area (Å²) < 4.78 is 5.84. The quantitative estimate of drug-likeness (QED) is 0.868. The molecule has 0 spiro atoms. The van der Waals surface area contributed by atoms with Gasteiger partial charge in [-0.05, 0) is 0 Å². The van der Waals surface area contributed by atoms with Crippen LogP contribution in [0.1, 0.15) is 5.69 Å². The molecular weight excluding hydrogens is 232 g/mol. The van der Waals surface area contributed by atoms with Gasteiger partial charge in [-0.3, -0.25) is 4.79 Å². The van der Waals surface area contributed by atoms with E-state index in [1.54, 1.807) is 6.07 Å². The van der Waals surface area contributed by atoms with Gasteiger partial charge in [0, 0.05) is 13.1 Å². The molecular formula is C9H9ClN4O2. The standard InChI is InChI=1S/C9H9ClN4O2/c1-14-9(15)8(10)7(5-12-14)11-4-6-2-3-16-13-6/h2-3,5,11H,4H2,1H3. The zero-order valence-electron chi connectivity index (χ0n) is 8.48. The van der Waals surface area contributed by atoms with Crippen LogP contribution in [0.3, 0.4) is 0 Å². The maximum atomic E-state index is 11.4. The molecule has 0 aliphatic carbocycles. The van der Waals surface area contributed by atoms with Gasteiger partial charge in [0.15, 0.2) is 0 Å². The van der Waals surface area contributed by atoms with Gasteiger partial charge in [-0.2, -0.15) is 5.10 Å². The summed E-state index contributed by atoms with van der Waals surface area (Å²) in [7, 11) is 1.54. The fourth-order valence-corrected chi connectivity index (χ4v) is 1.39. The molecule has 0 aliphatic heterocycles. The second kappa shape index (κ2) is 4.36. The summed E-state index contributed by atoms with van der Waals surface area (Å²) in [6, 6.07) is 1.72. The van der Waals surface area contributed by atoms with Crippen LogP contribution >= 0.6 is 11.6 Å². The van der Waals surface area contributed by atoms with E-state index in [4.69, 9.17) is 11.6 Å². The van der Waals surface area contributed by atoms with E-state index >= 15 is 0 Å². The first kappa shape index (κ1) is 10.7. The Morgan fingerprint density at radius 3 is 3.12 bits per heavy atom. The number of hydrogen-bond acceptors (Lipinski definition) is 5. The van der Waals surface area contributed by atoms with Gasteiger partial charge >= 0.3 is 0 Å². The third-order valence-corrected chi connectivity index (χ3v) is 2.39. The van der Waals surface area contributed by atoms with Gasteiger partial charge in [0.1, 0.15) is 17.0 Å². The van der Waals surface area contributed by atoms with Crippen LogP contribution in [0, 0.1) is 0 Å². The third-order valence-electron chi connectivity index (χ3n) is 2.03. The first-order valence-corrected chi connectivity index (χ1v) is 4.91. The summed E-state index contributed by atoms with van der Waals surface area (Å²) in [6.07, 6.45) is 2.96. The summed E-state index contributed by atoms with van der Waals surface area (Å²) in [4.78, 5) is 11.4. The van der Waals surface area contributed by atoms with E-state index in [1.807, 2.05) is 0 Å². The second-order valence-corrected chi connectivity index (χ2v) is 3.52. The van der Waals surface area contributed by atoms with Crippen LogP contribution in [0.2, 0.25) is 5.02 Å². The molecule has 0 bridgehead atoms. The predicted molar refractivity (Wildman–Crippen MR) is 58.3 cm³/mol. The van der Waals surface area contributed by atoms with Crippen molar-refractivity contribution in [2.24, 2.45) is 7.05 Å². The molecule has 0 aromatic carbocycles. The Labute approximate surface area is 95.8 Å². The molecule has 2 heterocycles. The largest absolute Gasteiger partial charge is 0.377 e. The third kappa shape index (κ3) is 2.06. The number of anilines is 1. The van der Waals surface area contributed by atoms with Crippen molar-refractivity contribution < 1.29 is 4.52 Å². The van der Waals surface area contributed by atoms with Crippen LogP contribution < -0.4 is 10.9 Å². The number of nitrogens with zero attached hydrogens (tertiary/aromatic N) is 3. The molecule has 16 heavy (non-hydrogen) atoms. The maximum absolute atomic E-state index is 11.4. The Morgan fingerprint density at radius 1 is 1.62 bits per heavy atom. The van der Waals surface area contributed by atoms with E-state index in [0.29, 0.717) is 12.2 Å². The molecule has 84 valence electrons. The summed E-state index contributed by atoms with van der Waals surface area (Å²) in [6.45, 7) is 0.422. The van der Waals surface area contributed by atoms with Crippen molar-refractivity contribution in [3.05, 3.63) is 39.6 Å². The van der Waals surface area contributed by atoms with Gasteiger partial charge in [0.2, 0.25) is 0 Å². The highest BCUT2D eigenvalue weighted by Crippen LogP contribution is 2.15.